The van der Waals surface area contributed by atoms with E-state index >= 15 is 0 Å². The summed E-state index contributed by atoms with van der Waals surface area (Å²) in [5, 5.41) is 9.81. The first-order valence-corrected chi connectivity index (χ1v) is 7.73. The predicted octanol–water partition coefficient (Wildman–Crippen LogP) is 4.67. The fourth-order valence-electron chi connectivity index (χ4n) is 3.74. The van der Waals surface area contributed by atoms with Crippen LogP contribution in [0.15, 0.2) is 6.07 Å². The Kier molecular flexibility index (Phi) is 4.52. The van der Waals surface area contributed by atoms with Gasteiger partial charge in [-0.3, -0.25) is 4.79 Å². The Labute approximate surface area is 122 Å². The molecule has 1 aromatic carbocycles. The van der Waals surface area contributed by atoms with Crippen LogP contribution in [0.2, 0.25) is 0 Å². The van der Waals surface area contributed by atoms with E-state index < -0.39 is 5.97 Å². The highest BCUT2D eigenvalue weighted by Gasteiger charge is 2.33. The largest absolute Gasteiger partial charge is 0.481 e. The zero-order chi connectivity index (χ0) is 14.9. The molecule has 0 radical (unpaired) electrons. The molecule has 1 fully saturated rings. The van der Waals surface area contributed by atoms with Gasteiger partial charge in [-0.2, -0.15) is 0 Å². The molecule has 1 aliphatic carbocycles. The van der Waals surface area contributed by atoms with E-state index in [2.05, 4.69) is 33.8 Å². The van der Waals surface area contributed by atoms with Gasteiger partial charge >= 0.3 is 5.97 Å². The Balaban J connectivity index is 2.51. The smallest absolute Gasteiger partial charge is 0.311 e. The number of rotatable bonds is 3. The van der Waals surface area contributed by atoms with E-state index in [1.54, 1.807) is 0 Å². The average Bonchev–Trinajstić information content (AvgIpc) is 2.42. The molecule has 1 atom stereocenters. The van der Waals surface area contributed by atoms with Crippen molar-refractivity contribution in [2.24, 2.45) is 5.92 Å². The Morgan fingerprint density at radius 1 is 1.05 bits per heavy atom. The Hall–Kier alpha value is -1.31. The Morgan fingerprint density at radius 3 is 2.00 bits per heavy atom. The van der Waals surface area contributed by atoms with Gasteiger partial charge in [0, 0.05) is 0 Å². The van der Waals surface area contributed by atoms with E-state index in [9.17, 15) is 9.90 Å². The third-order valence-electron chi connectivity index (χ3n) is 5.12. The number of carbonyl (C=O) groups is 1. The maximum absolute atomic E-state index is 11.9. The molecule has 1 unspecified atom stereocenters. The van der Waals surface area contributed by atoms with Crippen LogP contribution in [0, 0.1) is 33.6 Å². The molecular weight excluding hydrogens is 248 g/mol. The third-order valence-corrected chi connectivity index (χ3v) is 5.12. The second kappa shape index (κ2) is 5.99. The molecule has 0 aliphatic heterocycles. The summed E-state index contributed by atoms with van der Waals surface area (Å²) in [6, 6.07) is 2.17. The lowest BCUT2D eigenvalue weighted by atomic mass is 9.73. The van der Waals surface area contributed by atoms with Crippen molar-refractivity contribution in [1.82, 2.24) is 0 Å². The summed E-state index contributed by atoms with van der Waals surface area (Å²) in [4.78, 5) is 11.9. The lowest BCUT2D eigenvalue weighted by molar-refractivity contribution is -0.140. The highest BCUT2D eigenvalue weighted by molar-refractivity contribution is 5.78. The van der Waals surface area contributed by atoms with Crippen molar-refractivity contribution >= 4 is 5.97 Å². The average molecular weight is 274 g/mol. The van der Waals surface area contributed by atoms with Crippen LogP contribution in [-0.2, 0) is 4.79 Å². The third kappa shape index (κ3) is 2.74. The Bertz CT molecular complexity index is 484. The molecular formula is C18H26O2. The van der Waals surface area contributed by atoms with Gasteiger partial charge < -0.3 is 5.11 Å². The monoisotopic (exact) mass is 274 g/mol. The number of hydrogen-bond donors (Lipinski definition) is 1. The van der Waals surface area contributed by atoms with Crippen molar-refractivity contribution in [3.8, 4) is 0 Å². The van der Waals surface area contributed by atoms with Crippen molar-refractivity contribution in [3.63, 3.8) is 0 Å². The standard InChI is InChI=1S/C18H26O2/c1-11-10-12(2)14(4)16(13(11)3)17(18(19)20)15-8-6-5-7-9-15/h10,15,17H,5-9H2,1-4H3,(H,19,20). The highest BCUT2D eigenvalue weighted by Crippen LogP contribution is 2.40. The molecule has 2 nitrogen and oxygen atoms in total. The first-order valence-electron chi connectivity index (χ1n) is 7.73. The van der Waals surface area contributed by atoms with Crippen LogP contribution in [0.25, 0.3) is 0 Å². The maximum atomic E-state index is 11.9. The minimum Gasteiger partial charge on any atom is -0.481 e. The summed E-state index contributed by atoms with van der Waals surface area (Å²) in [6.45, 7) is 8.34. The molecule has 2 heteroatoms. The van der Waals surface area contributed by atoms with E-state index in [0.29, 0.717) is 5.92 Å². The van der Waals surface area contributed by atoms with E-state index in [4.69, 9.17) is 0 Å². The first kappa shape index (κ1) is 15.1. The first-order chi connectivity index (χ1) is 9.43. The van der Waals surface area contributed by atoms with Crippen LogP contribution in [-0.4, -0.2) is 11.1 Å². The number of carboxylic acids is 1. The molecule has 0 bridgehead atoms. The fourth-order valence-corrected chi connectivity index (χ4v) is 3.74. The Morgan fingerprint density at radius 2 is 1.55 bits per heavy atom. The molecule has 0 heterocycles. The number of aryl methyl sites for hydroxylation is 2. The second-order valence-electron chi connectivity index (χ2n) is 6.39. The summed E-state index contributed by atoms with van der Waals surface area (Å²) >= 11 is 0. The van der Waals surface area contributed by atoms with E-state index in [1.807, 2.05) is 0 Å². The quantitative estimate of drug-likeness (QED) is 0.869. The zero-order valence-corrected chi connectivity index (χ0v) is 13.1. The molecule has 1 saturated carbocycles. The van der Waals surface area contributed by atoms with Gasteiger partial charge in [0.25, 0.3) is 0 Å². The lowest BCUT2D eigenvalue weighted by Crippen LogP contribution is -2.25. The van der Waals surface area contributed by atoms with Crippen LogP contribution >= 0.6 is 0 Å². The van der Waals surface area contributed by atoms with Crippen molar-refractivity contribution in [2.75, 3.05) is 0 Å². The van der Waals surface area contributed by atoms with Gasteiger partial charge in [0.15, 0.2) is 0 Å². The van der Waals surface area contributed by atoms with E-state index in [1.165, 1.54) is 41.5 Å². The molecule has 2 rings (SSSR count). The SMILES string of the molecule is Cc1cc(C)c(C)c(C(C(=O)O)C2CCCCC2)c1C. The number of hydrogen-bond acceptors (Lipinski definition) is 1. The summed E-state index contributed by atoms with van der Waals surface area (Å²) in [7, 11) is 0. The molecule has 20 heavy (non-hydrogen) atoms. The van der Waals surface area contributed by atoms with Gasteiger partial charge in [-0.1, -0.05) is 25.3 Å². The molecule has 1 aromatic rings. The van der Waals surface area contributed by atoms with Crippen LogP contribution < -0.4 is 0 Å². The van der Waals surface area contributed by atoms with Gasteiger partial charge in [0.05, 0.1) is 5.92 Å². The predicted molar refractivity (Wildman–Crippen MR) is 82.3 cm³/mol. The summed E-state index contributed by atoms with van der Waals surface area (Å²) in [5.74, 6) is -0.665. The number of carboxylic acid groups (broad SMARTS) is 1. The summed E-state index contributed by atoms with van der Waals surface area (Å²) < 4.78 is 0. The van der Waals surface area contributed by atoms with Gasteiger partial charge in [0.1, 0.15) is 0 Å². The number of aliphatic carboxylic acids is 1. The molecule has 0 amide bonds. The van der Waals surface area contributed by atoms with Gasteiger partial charge in [-0.05, 0) is 74.3 Å². The topological polar surface area (TPSA) is 37.3 Å². The minimum atomic E-state index is -0.645. The molecule has 1 aliphatic rings. The van der Waals surface area contributed by atoms with Crippen LogP contribution in [0.5, 0.6) is 0 Å². The van der Waals surface area contributed by atoms with Crippen LogP contribution in [0.4, 0.5) is 0 Å². The molecule has 0 aromatic heterocycles. The molecule has 0 spiro atoms. The summed E-state index contributed by atoms with van der Waals surface area (Å²) in [6.07, 6.45) is 5.73. The normalized spacial score (nSPS) is 18.0. The van der Waals surface area contributed by atoms with Crippen molar-refractivity contribution in [2.45, 2.75) is 65.7 Å². The second-order valence-corrected chi connectivity index (χ2v) is 6.39. The van der Waals surface area contributed by atoms with E-state index in [0.717, 1.165) is 18.4 Å². The van der Waals surface area contributed by atoms with Gasteiger partial charge in [-0.15, -0.1) is 0 Å². The highest BCUT2D eigenvalue weighted by atomic mass is 16.4. The molecule has 1 N–H and O–H groups in total. The van der Waals surface area contributed by atoms with E-state index in [-0.39, 0.29) is 5.92 Å². The van der Waals surface area contributed by atoms with Crippen molar-refractivity contribution in [3.05, 3.63) is 33.9 Å². The molecule has 110 valence electrons. The van der Waals surface area contributed by atoms with Crippen molar-refractivity contribution < 1.29 is 9.90 Å². The lowest BCUT2D eigenvalue weighted by Gasteiger charge is -2.30. The van der Waals surface area contributed by atoms with Gasteiger partial charge in [-0.25, -0.2) is 0 Å². The molecule has 0 saturated heterocycles. The fraction of sp³-hybridized carbons (Fsp3) is 0.611. The van der Waals surface area contributed by atoms with Gasteiger partial charge in [0.2, 0.25) is 0 Å². The van der Waals surface area contributed by atoms with Crippen LogP contribution in [0.1, 0.15) is 65.8 Å². The zero-order valence-electron chi connectivity index (χ0n) is 13.1. The minimum absolute atomic E-state index is 0.305. The van der Waals surface area contributed by atoms with Crippen LogP contribution in [0.3, 0.4) is 0 Å². The number of benzene rings is 1. The summed E-state index contributed by atoms with van der Waals surface area (Å²) in [5.41, 5.74) is 5.86. The van der Waals surface area contributed by atoms with Crippen molar-refractivity contribution in [1.29, 1.82) is 0 Å². The maximum Gasteiger partial charge on any atom is 0.311 e.